The van der Waals surface area contributed by atoms with Crippen molar-refractivity contribution in [2.24, 2.45) is 4.99 Å². The van der Waals surface area contributed by atoms with Crippen LogP contribution in [0.2, 0.25) is 0 Å². The summed E-state index contributed by atoms with van der Waals surface area (Å²) >= 11 is 0. The average Bonchev–Trinajstić information content (AvgIpc) is 3.16. The van der Waals surface area contributed by atoms with Crippen LogP contribution in [0.4, 0.5) is 5.69 Å². The number of guanidine groups is 1. The van der Waals surface area contributed by atoms with Gasteiger partial charge in [-0.1, -0.05) is 54.6 Å². The van der Waals surface area contributed by atoms with E-state index in [1.165, 1.54) is 28.3 Å². The summed E-state index contributed by atoms with van der Waals surface area (Å²) < 4.78 is 0. The molecule has 3 nitrogen and oxygen atoms in total. The zero-order valence-electron chi connectivity index (χ0n) is 14.3. The highest BCUT2D eigenvalue weighted by molar-refractivity contribution is 5.94. The molecule has 4 rings (SSSR count). The molecule has 3 aromatic rings. The van der Waals surface area contributed by atoms with Crippen LogP contribution in [0.25, 0.3) is 10.8 Å². The van der Waals surface area contributed by atoms with Crippen LogP contribution in [0.15, 0.2) is 71.7 Å². The van der Waals surface area contributed by atoms with E-state index in [9.17, 15) is 0 Å². The Morgan fingerprint density at radius 1 is 0.840 bits per heavy atom. The molecule has 1 aliphatic rings. The Bertz CT molecular complexity index is 881. The quantitative estimate of drug-likeness (QED) is 0.728. The van der Waals surface area contributed by atoms with Gasteiger partial charge >= 0.3 is 0 Å². The van der Waals surface area contributed by atoms with Crippen LogP contribution < -0.4 is 10.6 Å². The van der Waals surface area contributed by atoms with Crippen molar-refractivity contribution in [3.05, 3.63) is 77.9 Å². The lowest BCUT2D eigenvalue weighted by molar-refractivity contribution is 0.822. The molecular weight excluding hydrogens is 306 g/mol. The predicted molar refractivity (Wildman–Crippen MR) is 106 cm³/mol. The average molecular weight is 329 g/mol. The number of nitrogens with one attached hydrogen (secondary N) is 2. The molecule has 0 aliphatic carbocycles. The normalized spacial score (nSPS) is 13.5. The van der Waals surface area contributed by atoms with E-state index in [0.29, 0.717) is 0 Å². The molecule has 3 aromatic carbocycles. The Balaban J connectivity index is 1.31. The van der Waals surface area contributed by atoms with Crippen molar-refractivity contribution in [2.45, 2.75) is 19.3 Å². The Morgan fingerprint density at radius 2 is 1.60 bits per heavy atom. The standard InChI is InChI=1S/C22H23N3/c1-2-7-20-16-18(8-11-19(20)6-1)5-3-4-17-9-12-21(13-10-17)25-22-23-14-15-24-22/h1-2,6-13,16H,3-5,14-15H2,(H2,23,24,25). The van der Waals surface area contributed by atoms with Gasteiger partial charge in [-0.25, -0.2) is 0 Å². The van der Waals surface area contributed by atoms with Crippen LogP contribution in [0.1, 0.15) is 17.5 Å². The van der Waals surface area contributed by atoms with E-state index in [1.807, 2.05) is 0 Å². The number of anilines is 1. The molecule has 25 heavy (non-hydrogen) atoms. The van der Waals surface area contributed by atoms with Crippen LogP contribution in [-0.4, -0.2) is 19.0 Å². The van der Waals surface area contributed by atoms with Gasteiger partial charge < -0.3 is 10.6 Å². The minimum atomic E-state index is 0.856. The lowest BCUT2D eigenvalue weighted by Crippen LogP contribution is -2.26. The summed E-state index contributed by atoms with van der Waals surface area (Å²) in [6.45, 7) is 1.78. The fourth-order valence-corrected chi connectivity index (χ4v) is 3.26. The number of hydrogen-bond acceptors (Lipinski definition) is 3. The van der Waals surface area contributed by atoms with Crippen LogP contribution in [0.3, 0.4) is 0 Å². The zero-order chi connectivity index (χ0) is 16.9. The number of aliphatic imine (C=N–C) groups is 1. The highest BCUT2D eigenvalue weighted by Gasteiger charge is 2.04. The fraction of sp³-hybridized carbons (Fsp3) is 0.227. The predicted octanol–water partition coefficient (Wildman–Crippen LogP) is 4.39. The van der Waals surface area contributed by atoms with Crippen molar-refractivity contribution in [3.8, 4) is 0 Å². The number of nitrogens with zero attached hydrogens (tertiary/aromatic N) is 1. The van der Waals surface area contributed by atoms with Gasteiger partial charge in [0.1, 0.15) is 0 Å². The molecule has 0 spiro atoms. The second kappa shape index (κ2) is 7.39. The summed E-state index contributed by atoms with van der Waals surface area (Å²) in [7, 11) is 0. The molecule has 0 unspecified atom stereocenters. The number of hydrogen-bond donors (Lipinski definition) is 2. The molecule has 0 saturated heterocycles. The van der Waals surface area contributed by atoms with E-state index >= 15 is 0 Å². The van der Waals surface area contributed by atoms with E-state index in [2.05, 4.69) is 82.4 Å². The first kappa shape index (κ1) is 15.7. The number of rotatable bonds is 5. The van der Waals surface area contributed by atoms with Crippen LogP contribution in [0.5, 0.6) is 0 Å². The van der Waals surface area contributed by atoms with E-state index < -0.39 is 0 Å². The van der Waals surface area contributed by atoms with Gasteiger partial charge in [-0.2, -0.15) is 0 Å². The van der Waals surface area contributed by atoms with Crippen LogP contribution in [0, 0.1) is 0 Å². The molecule has 0 radical (unpaired) electrons. The SMILES string of the molecule is c1ccc2cc(CCCc3ccc(NC4=NCCN4)cc3)ccc2c1. The molecule has 2 N–H and O–H groups in total. The van der Waals surface area contributed by atoms with Crippen LogP contribution >= 0.6 is 0 Å². The summed E-state index contributed by atoms with van der Waals surface area (Å²) in [6.07, 6.45) is 3.39. The lowest BCUT2D eigenvalue weighted by atomic mass is 10.0. The minimum absolute atomic E-state index is 0.856. The van der Waals surface area contributed by atoms with Crippen molar-refractivity contribution in [1.82, 2.24) is 5.32 Å². The first-order chi connectivity index (χ1) is 12.4. The molecule has 1 heterocycles. The minimum Gasteiger partial charge on any atom is -0.354 e. The fourth-order valence-electron chi connectivity index (χ4n) is 3.26. The number of benzene rings is 3. The molecular formula is C22H23N3. The first-order valence-electron chi connectivity index (χ1n) is 8.99. The molecule has 1 aliphatic heterocycles. The first-order valence-corrected chi connectivity index (χ1v) is 8.99. The van der Waals surface area contributed by atoms with Gasteiger partial charge in [0.15, 0.2) is 5.96 Å². The van der Waals surface area contributed by atoms with E-state index in [4.69, 9.17) is 0 Å². The Hall–Kier alpha value is -2.81. The molecule has 0 saturated carbocycles. The number of aryl methyl sites for hydroxylation is 2. The largest absolute Gasteiger partial charge is 0.354 e. The highest BCUT2D eigenvalue weighted by Crippen LogP contribution is 2.18. The second-order valence-electron chi connectivity index (χ2n) is 6.51. The monoisotopic (exact) mass is 329 g/mol. The maximum atomic E-state index is 4.35. The molecule has 126 valence electrons. The maximum absolute atomic E-state index is 4.35. The zero-order valence-corrected chi connectivity index (χ0v) is 14.3. The molecule has 0 atom stereocenters. The Morgan fingerprint density at radius 3 is 2.40 bits per heavy atom. The Kier molecular flexibility index (Phi) is 4.64. The summed E-state index contributed by atoms with van der Waals surface area (Å²) in [5.41, 5.74) is 3.89. The van der Waals surface area contributed by atoms with Crippen molar-refractivity contribution >= 4 is 22.4 Å². The third-order valence-corrected chi connectivity index (χ3v) is 4.64. The van der Waals surface area contributed by atoms with E-state index in [1.54, 1.807) is 0 Å². The topological polar surface area (TPSA) is 36.4 Å². The summed E-state index contributed by atoms with van der Waals surface area (Å²) in [6, 6.07) is 24.0. The van der Waals surface area contributed by atoms with Gasteiger partial charge in [-0.05, 0) is 53.3 Å². The summed E-state index contributed by atoms with van der Waals surface area (Å²) in [4.78, 5) is 4.35. The third kappa shape index (κ3) is 4.00. The van der Waals surface area contributed by atoms with Gasteiger partial charge in [0.05, 0.1) is 6.54 Å². The van der Waals surface area contributed by atoms with Crippen LogP contribution in [-0.2, 0) is 12.8 Å². The molecule has 0 amide bonds. The van der Waals surface area contributed by atoms with E-state index in [0.717, 1.165) is 37.6 Å². The summed E-state index contributed by atoms with van der Waals surface area (Å²) in [5.74, 6) is 0.879. The number of fused-ring (bicyclic) bond motifs is 1. The van der Waals surface area contributed by atoms with E-state index in [-0.39, 0.29) is 0 Å². The molecule has 3 heteroatoms. The Labute approximate surface area is 148 Å². The van der Waals surface area contributed by atoms with Gasteiger partial charge in [0, 0.05) is 12.2 Å². The van der Waals surface area contributed by atoms with Gasteiger partial charge in [0.2, 0.25) is 0 Å². The lowest BCUT2D eigenvalue weighted by Gasteiger charge is -2.08. The van der Waals surface area contributed by atoms with Gasteiger partial charge in [-0.3, -0.25) is 4.99 Å². The van der Waals surface area contributed by atoms with Gasteiger partial charge in [-0.15, -0.1) is 0 Å². The van der Waals surface area contributed by atoms with Crippen molar-refractivity contribution in [1.29, 1.82) is 0 Å². The summed E-state index contributed by atoms with van der Waals surface area (Å²) in [5, 5.41) is 9.18. The maximum Gasteiger partial charge on any atom is 0.195 e. The van der Waals surface area contributed by atoms with Crippen molar-refractivity contribution in [3.63, 3.8) is 0 Å². The third-order valence-electron chi connectivity index (χ3n) is 4.64. The molecule has 0 fully saturated rings. The molecule has 0 aromatic heterocycles. The smallest absolute Gasteiger partial charge is 0.195 e. The highest BCUT2D eigenvalue weighted by atomic mass is 15.2. The molecule has 0 bridgehead atoms. The second-order valence-corrected chi connectivity index (χ2v) is 6.51. The van der Waals surface area contributed by atoms with Crippen molar-refractivity contribution < 1.29 is 0 Å². The van der Waals surface area contributed by atoms with Gasteiger partial charge in [0.25, 0.3) is 0 Å². The van der Waals surface area contributed by atoms with Crippen molar-refractivity contribution in [2.75, 3.05) is 18.4 Å².